The maximum absolute atomic E-state index is 12.2. The van der Waals surface area contributed by atoms with Crippen LogP contribution in [-0.4, -0.2) is 25.2 Å². The molecule has 2 aliphatic rings. The number of amides is 1. The van der Waals surface area contributed by atoms with E-state index in [4.69, 9.17) is 15.2 Å². The Hall–Kier alpha value is -1.43. The fourth-order valence-electron chi connectivity index (χ4n) is 2.81. The number of carbonyl (C=O) groups excluding carboxylic acids is 1. The molecule has 5 nitrogen and oxygen atoms in total. The van der Waals surface area contributed by atoms with E-state index in [0.717, 1.165) is 30.5 Å². The first-order valence-electron chi connectivity index (χ1n) is 7.12. The van der Waals surface area contributed by atoms with Gasteiger partial charge in [-0.25, -0.2) is 0 Å². The lowest BCUT2D eigenvalue weighted by molar-refractivity contribution is -0.119. The molecule has 2 unspecified atom stereocenters. The van der Waals surface area contributed by atoms with Crippen LogP contribution in [0.3, 0.4) is 0 Å². The number of hydrogen-bond donors (Lipinski definition) is 2. The molecule has 1 aliphatic carbocycles. The highest BCUT2D eigenvalue weighted by molar-refractivity contribution is 5.92. The molecule has 1 amide bonds. The lowest BCUT2D eigenvalue weighted by Gasteiger charge is -2.13. The monoisotopic (exact) mass is 276 g/mol. The van der Waals surface area contributed by atoms with Crippen LogP contribution < -0.4 is 11.1 Å². The SMILES string of the molecule is NC1CCC(C(=O)Nc2cccc(C3OCCO3)c2)C1. The van der Waals surface area contributed by atoms with Gasteiger partial charge in [-0.15, -0.1) is 0 Å². The summed E-state index contributed by atoms with van der Waals surface area (Å²) in [4.78, 5) is 12.2. The van der Waals surface area contributed by atoms with Crippen LogP contribution in [0.1, 0.15) is 31.1 Å². The summed E-state index contributed by atoms with van der Waals surface area (Å²) in [6, 6.07) is 7.79. The number of anilines is 1. The topological polar surface area (TPSA) is 73.6 Å². The van der Waals surface area contributed by atoms with Crippen molar-refractivity contribution in [3.05, 3.63) is 29.8 Å². The first-order chi connectivity index (χ1) is 9.72. The molecule has 1 saturated carbocycles. The van der Waals surface area contributed by atoms with E-state index in [2.05, 4.69) is 5.32 Å². The minimum atomic E-state index is -0.313. The fourth-order valence-corrected chi connectivity index (χ4v) is 2.81. The van der Waals surface area contributed by atoms with Crippen molar-refractivity contribution in [2.45, 2.75) is 31.6 Å². The second-order valence-electron chi connectivity index (χ2n) is 5.46. The van der Waals surface area contributed by atoms with E-state index in [1.165, 1.54) is 0 Å². The molecule has 108 valence electrons. The summed E-state index contributed by atoms with van der Waals surface area (Å²) in [6.07, 6.45) is 2.27. The molecule has 0 radical (unpaired) electrons. The molecule has 1 saturated heterocycles. The number of nitrogens with one attached hydrogen (secondary N) is 1. The van der Waals surface area contributed by atoms with Crippen LogP contribution in [-0.2, 0) is 14.3 Å². The molecule has 1 heterocycles. The number of carbonyl (C=O) groups is 1. The molecule has 20 heavy (non-hydrogen) atoms. The molecule has 1 aromatic rings. The molecule has 5 heteroatoms. The van der Waals surface area contributed by atoms with E-state index in [9.17, 15) is 4.79 Å². The quantitative estimate of drug-likeness (QED) is 0.883. The summed E-state index contributed by atoms with van der Waals surface area (Å²) < 4.78 is 10.9. The zero-order valence-corrected chi connectivity index (χ0v) is 11.4. The minimum Gasteiger partial charge on any atom is -0.346 e. The van der Waals surface area contributed by atoms with Crippen LogP contribution in [0.5, 0.6) is 0 Å². The van der Waals surface area contributed by atoms with E-state index >= 15 is 0 Å². The number of rotatable bonds is 3. The summed E-state index contributed by atoms with van der Waals surface area (Å²) >= 11 is 0. The van der Waals surface area contributed by atoms with Crippen LogP contribution in [0.4, 0.5) is 5.69 Å². The van der Waals surface area contributed by atoms with E-state index in [1.807, 2.05) is 24.3 Å². The predicted octanol–water partition coefficient (Wildman–Crippen LogP) is 1.80. The van der Waals surface area contributed by atoms with Crippen molar-refractivity contribution >= 4 is 11.6 Å². The number of hydrogen-bond acceptors (Lipinski definition) is 4. The van der Waals surface area contributed by atoms with Gasteiger partial charge in [0.1, 0.15) is 0 Å². The molecule has 0 aromatic heterocycles. The summed E-state index contributed by atoms with van der Waals surface area (Å²) in [5, 5.41) is 2.96. The van der Waals surface area contributed by atoms with Crippen LogP contribution >= 0.6 is 0 Å². The maximum atomic E-state index is 12.2. The van der Waals surface area contributed by atoms with Gasteiger partial charge in [0, 0.05) is 23.2 Å². The predicted molar refractivity (Wildman–Crippen MR) is 75.0 cm³/mol. The van der Waals surface area contributed by atoms with Crippen molar-refractivity contribution in [3.8, 4) is 0 Å². The van der Waals surface area contributed by atoms with Gasteiger partial charge in [-0.1, -0.05) is 12.1 Å². The Morgan fingerprint density at radius 1 is 1.25 bits per heavy atom. The minimum absolute atomic E-state index is 0.0348. The third kappa shape index (κ3) is 3.00. The van der Waals surface area contributed by atoms with Gasteiger partial charge in [-0.2, -0.15) is 0 Å². The maximum Gasteiger partial charge on any atom is 0.227 e. The largest absolute Gasteiger partial charge is 0.346 e. The van der Waals surface area contributed by atoms with Crippen LogP contribution in [0.25, 0.3) is 0 Å². The third-order valence-electron chi connectivity index (χ3n) is 3.89. The molecule has 0 bridgehead atoms. The Kier molecular flexibility index (Phi) is 4.00. The molecule has 3 rings (SSSR count). The molecule has 1 aromatic carbocycles. The van der Waals surface area contributed by atoms with Gasteiger partial charge in [0.2, 0.25) is 5.91 Å². The van der Waals surface area contributed by atoms with Crippen LogP contribution in [0.2, 0.25) is 0 Å². The average Bonchev–Trinajstić information content (AvgIpc) is 3.10. The normalized spacial score (nSPS) is 26.9. The Balaban J connectivity index is 1.65. The highest BCUT2D eigenvalue weighted by Gasteiger charge is 2.28. The molecular weight excluding hydrogens is 256 g/mol. The Morgan fingerprint density at radius 2 is 2.05 bits per heavy atom. The van der Waals surface area contributed by atoms with Crippen LogP contribution in [0.15, 0.2) is 24.3 Å². The second-order valence-corrected chi connectivity index (χ2v) is 5.46. The van der Waals surface area contributed by atoms with Gasteiger partial charge in [0.05, 0.1) is 13.2 Å². The van der Waals surface area contributed by atoms with Gasteiger partial charge in [0.25, 0.3) is 0 Å². The number of benzene rings is 1. The Labute approximate surface area is 118 Å². The van der Waals surface area contributed by atoms with Gasteiger partial charge in [0.15, 0.2) is 6.29 Å². The van der Waals surface area contributed by atoms with E-state index in [-0.39, 0.29) is 24.2 Å². The summed E-state index contributed by atoms with van der Waals surface area (Å²) in [5.41, 5.74) is 7.57. The molecular formula is C15H20N2O3. The summed E-state index contributed by atoms with van der Waals surface area (Å²) in [5.74, 6) is 0.0935. The average molecular weight is 276 g/mol. The zero-order valence-electron chi connectivity index (χ0n) is 11.4. The highest BCUT2D eigenvalue weighted by atomic mass is 16.7. The summed E-state index contributed by atoms with van der Waals surface area (Å²) in [7, 11) is 0. The van der Waals surface area contributed by atoms with Gasteiger partial charge < -0.3 is 20.5 Å². The number of nitrogens with two attached hydrogens (primary N) is 1. The van der Waals surface area contributed by atoms with Gasteiger partial charge in [-0.05, 0) is 31.4 Å². The molecule has 2 fully saturated rings. The number of ether oxygens (including phenoxy) is 2. The zero-order chi connectivity index (χ0) is 13.9. The molecule has 3 N–H and O–H groups in total. The molecule has 1 aliphatic heterocycles. The molecule has 0 spiro atoms. The third-order valence-corrected chi connectivity index (χ3v) is 3.89. The first kappa shape index (κ1) is 13.5. The van der Waals surface area contributed by atoms with Crippen molar-refractivity contribution < 1.29 is 14.3 Å². The van der Waals surface area contributed by atoms with E-state index in [0.29, 0.717) is 13.2 Å². The molecule has 2 atom stereocenters. The lowest BCUT2D eigenvalue weighted by Crippen LogP contribution is -2.23. The van der Waals surface area contributed by atoms with Crippen molar-refractivity contribution in [1.29, 1.82) is 0 Å². The fraction of sp³-hybridized carbons (Fsp3) is 0.533. The smallest absolute Gasteiger partial charge is 0.227 e. The summed E-state index contributed by atoms with van der Waals surface area (Å²) in [6.45, 7) is 1.22. The Bertz CT molecular complexity index is 486. The van der Waals surface area contributed by atoms with Crippen molar-refractivity contribution in [1.82, 2.24) is 0 Å². The van der Waals surface area contributed by atoms with Crippen molar-refractivity contribution in [3.63, 3.8) is 0 Å². The van der Waals surface area contributed by atoms with E-state index < -0.39 is 0 Å². The van der Waals surface area contributed by atoms with Gasteiger partial charge >= 0.3 is 0 Å². The second kappa shape index (κ2) is 5.91. The van der Waals surface area contributed by atoms with Crippen molar-refractivity contribution in [2.75, 3.05) is 18.5 Å². The van der Waals surface area contributed by atoms with E-state index in [1.54, 1.807) is 0 Å². The standard InChI is InChI=1S/C15H20N2O3/c16-12-5-4-10(8-12)14(18)17-13-3-1-2-11(9-13)15-19-6-7-20-15/h1-3,9-10,12,15H,4-8,16H2,(H,17,18). The first-order valence-corrected chi connectivity index (χ1v) is 7.12. The van der Waals surface area contributed by atoms with Crippen molar-refractivity contribution in [2.24, 2.45) is 11.7 Å². The lowest BCUT2D eigenvalue weighted by atomic mass is 10.1. The Morgan fingerprint density at radius 3 is 2.75 bits per heavy atom. The highest BCUT2D eigenvalue weighted by Crippen LogP contribution is 2.28. The van der Waals surface area contributed by atoms with Crippen LogP contribution in [0, 0.1) is 5.92 Å². The van der Waals surface area contributed by atoms with Gasteiger partial charge in [-0.3, -0.25) is 4.79 Å².